The molecule has 0 spiro atoms. The molecule has 1 aromatic rings. The lowest BCUT2D eigenvalue weighted by Gasteiger charge is -2.30. The highest BCUT2D eigenvalue weighted by Crippen LogP contribution is 2.29. The summed E-state index contributed by atoms with van der Waals surface area (Å²) in [6.07, 6.45) is -1.07. The van der Waals surface area contributed by atoms with Gasteiger partial charge in [0.1, 0.15) is 6.04 Å². The Hall–Kier alpha value is -1.97. The Labute approximate surface area is 191 Å². The summed E-state index contributed by atoms with van der Waals surface area (Å²) >= 11 is 0. The minimum Gasteiger partial charge on any atom is -0.454 e. The molecule has 32 heavy (non-hydrogen) atoms. The van der Waals surface area contributed by atoms with Crippen molar-refractivity contribution in [1.82, 2.24) is 9.21 Å². The topological polar surface area (TPSA) is 104 Å². The highest BCUT2D eigenvalue weighted by Gasteiger charge is 2.44. The molecule has 1 N–H and O–H groups in total. The molecule has 1 aliphatic rings. The molecule has 1 amide bonds. The predicted molar refractivity (Wildman–Crippen MR) is 122 cm³/mol. The average molecular weight is 469 g/mol. The molecule has 0 aliphatic carbocycles. The molecule has 1 heterocycles. The van der Waals surface area contributed by atoms with Crippen molar-refractivity contribution >= 4 is 21.9 Å². The Balaban J connectivity index is 2.18. The number of amides is 1. The number of nitrogens with zero attached hydrogens (tertiary/aromatic N) is 2. The SMILES string of the molecule is CC(C)N(C(=O)COC(=O)[C@@H]1C[C@@H](O)CN1S(=O)(=O)c1ccc(C(C)(C)C)cc1)C(C)C. The first-order chi connectivity index (χ1) is 14.7. The number of carbonyl (C=O) groups is 2. The zero-order valence-corrected chi connectivity index (χ0v) is 20.8. The van der Waals surface area contributed by atoms with Crippen LogP contribution in [0.3, 0.4) is 0 Å². The molecule has 2 atom stereocenters. The molecule has 0 bridgehead atoms. The highest BCUT2D eigenvalue weighted by molar-refractivity contribution is 7.89. The van der Waals surface area contributed by atoms with E-state index in [9.17, 15) is 23.1 Å². The van der Waals surface area contributed by atoms with E-state index in [-0.39, 0.29) is 41.3 Å². The van der Waals surface area contributed by atoms with Crippen LogP contribution >= 0.6 is 0 Å². The molecular weight excluding hydrogens is 432 g/mol. The third-order valence-corrected chi connectivity index (χ3v) is 7.46. The van der Waals surface area contributed by atoms with Crippen LogP contribution in [0.2, 0.25) is 0 Å². The number of ether oxygens (including phenoxy) is 1. The number of aliphatic hydroxyl groups is 1. The van der Waals surface area contributed by atoms with Gasteiger partial charge in [0.25, 0.3) is 5.91 Å². The summed E-state index contributed by atoms with van der Waals surface area (Å²) in [7, 11) is -4.03. The van der Waals surface area contributed by atoms with E-state index in [1.807, 2.05) is 48.5 Å². The van der Waals surface area contributed by atoms with Gasteiger partial charge in [0.2, 0.25) is 10.0 Å². The van der Waals surface area contributed by atoms with Crippen molar-refractivity contribution in [2.75, 3.05) is 13.2 Å². The lowest BCUT2D eigenvalue weighted by atomic mass is 9.87. The summed E-state index contributed by atoms with van der Waals surface area (Å²) in [5.74, 6) is -1.19. The summed E-state index contributed by atoms with van der Waals surface area (Å²) in [6, 6.07) is 5.20. The van der Waals surface area contributed by atoms with E-state index in [0.717, 1.165) is 9.87 Å². The maximum Gasteiger partial charge on any atom is 0.325 e. The number of sulfonamides is 1. The van der Waals surface area contributed by atoms with Crippen molar-refractivity contribution < 1.29 is 27.9 Å². The van der Waals surface area contributed by atoms with Gasteiger partial charge >= 0.3 is 5.97 Å². The van der Waals surface area contributed by atoms with E-state index >= 15 is 0 Å². The van der Waals surface area contributed by atoms with Crippen molar-refractivity contribution in [3.8, 4) is 0 Å². The van der Waals surface area contributed by atoms with Crippen molar-refractivity contribution in [2.24, 2.45) is 0 Å². The zero-order chi connectivity index (χ0) is 24.4. The van der Waals surface area contributed by atoms with Crippen LogP contribution in [0, 0.1) is 0 Å². The molecule has 0 saturated carbocycles. The first kappa shape index (κ1) is 26.3. The number of esters is 1. The summed E-state index contributed by atoms with van der Waals surface area (Å²) in [5, 5.41) is 10.1. The molecule has 1 aliphatic heterocycles. The van der Waals surface area contributed by atoms with Crippen LogP contribution in [0.25, 0.3) is 0 Å². The summed E-state index contributed by atoms with van der Waals surface area (Å²) in [5.41, 5.74) is 0.845. The number of aliphatic hydroxyl groups excluding tert-OH is 1. The second-order valence-electron chi connectivity index (χ2n) is 9.85. The third-order valence-electron chi connectivity index (χ3n) is 5.57. The number of hydrogen-bond donors (Lipinski definition) is 1. The highest BCUT2D eigenvalue weighted by atomic mass is 32.2. The monoisotopic (exact) mass is 468 g/mol. The molecule has 1 saturated heterocycles. The van der Waals surface area contributed by atoms with Gasteiger partial charge in [0.15, 0.2) is 6.61 Å². The molecule has 9 heteroatoms. The standard InChI is InChI=1S/C23H36N2O6S/c1-15(2)25(16(3)4)21(27)14-31-22(28)20-12-18(26)13-24(20)32(29,30)19-10-8-17(9-11-19)23(5,6)7/h8-11,15-16,18,20,26H,12-14H2,1-7H3/t18-,20+/m1/s1. The van der Waals surface area contributed by atoms with Gasteiger partial charge in [-0.25, -0.2) is 8.42 Å². The van der Waals surface area contributed by atoms with Crippen LogP contribution in [0.5, 0.6) is 0 Å². The Morgan fingerprint density at radius 2 is 1.66 bits per heavy atom. The van der Waals surface area contributed by atoms with Crippen LogP contribution < -0.4 is 0 Å². The maximum atomic E-state index is 13.2. The molecule has 1 fully saturated rings. The minimum atomic E-state index is -4.03. The zero-order valence-electron chi connectivity index (χ0n) is 20.0. The third kappa shape index (κ3) is 5.88. The number of hydrogen-bond acceptors (Lipinski definition) is 6. The molecule has 0 unspecified atom stereocenters. The average Bonchev–Trinajstić information content (AvgIpc) is 3.07. The molecule has 180 valence electrons. The van der Waals surface area contributed by atoms with Crippen molar-refractivity contribution in [3.63, 3.8) is 0 Å². The number of carbonyl (C=O) groups excluding carboxylic acids is 2. The predicted octanol–water partition coefficient (Wildman–Crippen LogP) is 2.30. The molecule has 2 rings (SSSR count). The first-order valence-corrected chi connectivity index (χ1v) is 12.4. The second-order valence-corrected chi connectivity index (χ2v) is 11.7. The normalized spacial score (nSPS) is 20.1. The number of β-amino-alcohol motifs (C(OH)–C–C–N with tert-alkyl or cyclic N) is 1. The Morgan fingerprint density at radius 1 is 1.12 bits per heavy atom. The van der Waals surface area contributed by atoms with Crippen LogP contribution in [-0.2, 0) is 29.8 Å². The van der Waals surface area contributed by atoms with E-state index in [2.05, 4.69) is 0 Å². The fraction of sp³-hybridized carbons (Fsp3) is 0.652. The van der Waals surface area contributed by atoms with Crippen molar-refractivity contribution in [2.45, 2.75) is 89.4 Å². The lowest BCUT2D eigenvalue weighted by Crippen LogP contribution is -2.46. The van der Waals surface area contributed by atoms with Gasteiger partial charge in [-0.05, 0) is 50.8 Å². The van der Waals surface area contributed by atoms with E-state index < -0.39 is 34.7 Å². The Bertz CT molecular complexity index is 911. The van der Waals surface area contributed by atoms with E-state index in [0.29, 0.717) is 0 Å². The first-order valence-electron chi connectivity index (χ1n) is 10.9. The van der Waals surface area contributed by atoms with Gasteiger partial charge in [-0.1, -0.05) is 32.9 Å². The van der Waals surface area contributed by atoms with Crippen LogP contribution in [-0.4, -0.2) is 72.0 Å². The molecule has 0 radical (unpaired) electrons. The Kier molecular flexibility index (Phi) is 8.12. The van der Waals surface area contributed by atoms with Crippen LogP contribution in [0.4, 0.5) is 0 Å². The van der Waals surface area contributed by atoms with Gasteiger partial charge in [0.05, 0.1) is 11.0 Å². The minimum absolute atomic E-state index is 0.0410. The number of rotatable bonds is 7. The molecule has 8 nitrogen and oxygen atoms in total. The Morgan fingerprint density at radius 3 is 2.12 bits per heavy atom. The lowest BCUT2D eigenvalue weighted by molar-refractivity contribution is -0.156. The van der Waals surface area contributed by atoms with E-state index in [1.165, 1.54) is 12.1 Å². The smallest absolute Gasteiger partial charge is 0.325 e. The van der Waals surface area contributed by atoms with Crippen LogP contribution in [0.15, 0.2) is 29.2 Å². The summed E-state index contributed by atoms with van der Waals surface area (Å²) in [6.45, 7) is 12.9. The fourth-order valence-electron chi connectivity index (χ4n) is 4.00. The van der Waals surface area contributed by atoms with Gasteiger partial charge in [0, 0.05) is 25.0 Å². The van der Waals surface area contributed by atoms with Gasteiger partial charge in [-0.15, -0.1) is 0 Å². The van der Waals surface area contributed by atoms with E-state index in [1.54, 1.807) is 17.0 Å². The summed E-state index contributed by atoms with van der Waals surface area (Å²) in [4.78, 5) is 26.9. The largest absolute Gasteiger partial charge is 0.454 e. The maximum absolute atomic E-state index is 13.2. The molecule has 1 aromatic carbocycles. The number of benzene rings is 1. The molecule has 0 aromatic heterocycles. The van der Waals surface area contributed by atoms with Gasteiger partial charge in [-0.3, -0.25) is 9.59 Å². The van der Waals surface area contributed by atoms with Crippen molar-refractivity contribution in [1.29, 1.82) is 0 Å². The quantitative estimate of drug-likeness (QED) is 0.616. The fourth-order valence-corrected chi connectivity index (χ4v) is 5.63. The molecular formula is C23H36N2O6S. The van der Waals surface area contributed by atoms with Crippen LogP contribution in [0.1, 0.15) is 60.5 Å². The van der Waals surface area contributed by atoms with E-state index in [4.69, 9.17) is 4.74 Å². The summed E-state index contributed by atoms with van der Waals surface area (Å²) < 4.78 is 32.6. The van der Waals surface area contributed by atoms with Gasteiger partial charge in [-0.2, -0.15) is 4.31 Å². The van der Waals surface area contributed by atoms with Gasteiger partial charge < -0.3 is 14.7 Å². The second kappa shape index (κ2) is 9.89. The van der Waals surface area contributed by atoms with Crippen molar-refractivity contribution in [3.05, 3.63) is 29.8 Å².